The second-order valence-corrected chi connectivity index (χ2v) is 5.33. The molecule has 96 valence electrons. The molecule has 17 heavy (non-hydrogen) atoms. The smallest absolute Gasteiger partial charge is 0.240 e. The largest absolute Gasteiger partial charge is 0.492 e. The SMILES string of the molecule is CCNS(=O)(=O)c1ccc(OCCN)c(C)c1. The average molecular weight is 258 g/mol. The quantitative estimate of drug-likeness (QED) is 0.784. The lowest BCUT2D eigenvalue weighted by molar-refractivity contribution is 0.326. The minimum absolute atomic E-state index is 0.247. The number of hydrogen-bond donors (Lipinski definition) is 2. The van der Waals surface area contributed by atoms with Gasteiger partial charge in [0.25, 0.3) is 0 Å². The third-order valence-corrected chi connectivity index (χ3v) is 3.71. The molecule has 0 saturated heterocycles. The van der Waals surface area contributed by atoms with Gasteiger partial charge in [-0.1, -0.05) is 6.92 Å². The number of hydrogen-bond acceptors (Lipinski definition) is 4. The molecule has 0 spiro atoms. The molecule has 0 aliphatic rings. The minimum atomic E-state index is -3.40. The van der Waals surface area contributed by atoms with E-state index >= 15 is 0 Å². The Kier molecular flexibility index (Phi) is 4.92. The normalized spacial score (nSPS) is 11.5. The van der Waals surface area contributed by atoms with Gasteiger partial charge in [0.2, 0.25) is 10.0 Å². The van der Waals surface area contributed by atoms with Gasteiger partial charge in [0.1, 0.15) is 12.4 Å². The number of benzene rings is 1. The first kappa shape index (κ1) is 14.0. The Morgan fingerprint density at radius 3 is 2.65 bits per heavy atom. The molecule has 1 aromatic rings. The first-order valence-electron chi connectivity index (χ1n) is 5.44. The van der Waals surface area contributed by atoms with Crippen LogP contribution in [-0.4, -0.2) is 28.1 Å². The van der Waals surface area contributed by atoms with Crippen LogP contribution in [0, 0.1) is 6.92 Å². The Morgan fingerprint density at radius 2 is 2.12 bits per heavy atom. The van der Waals surface area contributed by atoms with Gasteiger partial charge in [-0.15, -0.1) is 0 Å². The van der Waals surface area contributed by atoms with Crippen molar-refractivity contribution in [3.05, 3.63) is 23.8 Å². The summed E-state index contributed by atoms with van der Waals surface area (Å²) < 4.78 is 31.3. The van der Waals surface area contributed by atoms with Gasteiger partial charge in [0.05, 0.1) is 4.90 Å². The molecule has 0 aromatic heterocycles. The first-order valence-corrected chi connectivity index (χ1v) is 6.92. The van der Waals surface area contributed by atoms with E-state index in [2.05, 4.69) is 4.72 Å². The van der Waals surface area contributed by atoms with E-state index in [9.17, 15) is 8.42 Å². The van der Waals surface area contributed by atoms with E-state index in [1.54, 1.807) is 26.0 Å². The van der Waals surface area contributed by atoms with Gasteiger partial charge in [-0.2, -0.15) is 0 Å². The zero-order chi connectivity index (χ0) is 12.9. The van der Waals surface area contributed by atoms with Gasteiger partial charge in [-0.25, -0.2) is 13.1 Å². The van der Waals surface area contributed by atoms with Crippen molar-refractivity contribution in [2.45, 2.75) is 18.7 Å². The maximum Gasteiger partial charge on any atom is 0.240 e. The summed E-state index contributed by atoms with van der Waals surface area (Å²) in [6.07, 6.45) is 0. The Balaban J connectivity index is 2.96. The van der Waals surface area contributed by atoms with Gasteiger partial charge in [-0.05, 0) is 30.7 Å². The summed E-state index contributed by atoms with van der Waals surface area (Å²) in [7, 11) is -3.40. The molecular formula is C11H18N2O3S. The van der Waals surface area contributed by atoms with Crippen molar-refractivity contribution in [3.63, 3.8) is 0 Å². The standard InChI is InChI=1S/C11H18N2O3S/c1-3-13-17(14,15)10-4-5-11(9(2)8-10)16-7-6-12/h4-5,8,13H,3,6-7,12H2,1-2H3. The van der Waals surface area contributed by atoms with Crippen molar-refractivity contribution in [1.82, 2.24) is 4.72 Å². The summed E-state index contributed by atoms with van der Waals surface area (Å²) in [6, 6.07) is 4.76. The molecular weight excluding hydrogens is 240 g/mol. The molecule has 0 saturated carbocycles. The summed E-state index contributed by atoms with van der Waals surface area (Å²) in [5, 5.41) is 0. The summed E-state index contributed by atoms with van der Waals surface area (Å²) in [5.41, 5.74) is 6.11. The fourth-order valence-corrected chi connectivity index (χ4v) is 2.52. The van der Waals surface area contributed by atoms with E-state index in [1.807, 2.05) is 0 Å². The Hall–Kier alpha value is -1.11. The molecule has 0 atom stereocenters. The third-order valence-electron chi connectivity index (χ3n) is 2.17. The fourth-order valence-electron chi connectivity index (χ4n) is 1.39. The highest BCUT2D eigenvalue weighted by atomic mass is 32.2. The number of ether oxygens (including phenoxy) is 1. The van der Waals surface area contributed by atoms with Crippen LogP contribution in [0.5, 0.6) is 5.75 Å². The van der Waals surface area contributed by atoms with E-state index in [4.69, 9.17) is 10.5 Å². The Labute approximate surface area is 102 Å². The number of aryl methyl sites for hydroxylation is 1. The monoisotopic (exact) mass is 258 g/mol. The van der Waals surface area contributed by atoms with Gasteiger partial charge in [0, 0.05) is 13.1 Å². The fraction of sp³-hybridized carbons (Fsp3) is 0.455. The van der Waals surface area contributed by atoms with Gasteiger partial charge in [0.15, 0.2) is 0 Å². The maximum atomic E-state index is 11.7. The summed E-state index contributed by atoms with van der Waals surface area (Å²) in [4.78, 5) is 0.247. The number of rotatable bonds is 6. The van der Waals surface area contributed by atoms with Crippen LogP contribution in [-0.2, 0) is 10.0 Å². The van der Waals surface area contributed by atoms with Crippen molar-refractivity contribution < 1.29 is 13.2 Å². The second-order valence-electron chi connectivity index (χ2n) is 3.57. The molecule has 0 amide bonds. The Bertz CT molecular complexity index is 472. The van der Waals surface area contributed by atoms with Crippen LogP contribution in [0.3, 0.4) is 0 Å². The highest BCUT2D eigenvalue weighted by Gasteiger charge is 2.13. The van der Waals surface area contributed by atoms with Crippen LogP contribution in [0.1, 0.15) is 12.5 Å². The summed E-state index contributed by atoms with van der Waals surface area (Å²) >= 11 is 0. The molecule has 0 unspecified atom stereocenters. The molecule has 0 radical (unpaired) electrons. The zero-order valence-corrected chi connectivity index (χ0v) is 10.9. The topological polar surface area (TPSA) is 81.4 Å². The number of nitrogens with two attached hydrogens (primary N) is 1. The van der Waals surface area contributed by atoms with Crippen molar-refractivity contribution in [2.75, 3.05) is 19.7 Å². The van der Waals surface area contributed by atoms with E-state index in [0.717, 1.165) is 5.56 Å². The van der Waals surface area contributed by atoms with Gasteiger partial charge >= 0.3 is 0 Å². The lowest BCUT2D eigenvalue weighted by atomic mass is 10.2. The molecule has 0 bridgehead atoms. The summed E-state index contributed by atoms with van der Waals surface area (Å²) in [5.74, 6) is 0.658. The second kappa shape index (κ2) is 6.00. The third kappa shape index (κ3) is 3.69. The van der Waals surface area contributed by atoms with E-state index < -0.39 is 10.0 Å². The maximum absolute atomic E-state index is 11.7. The predicted octanol–water partition coefficient (Wildman–Crippen LogP) is 0.631. The van der Waals surface area contributed by atoms with Crippen molar-refractivity contribution in [3.8, 4) is 5.75 Å². The van der Waals surface area contributed by atoms with Gasteiger partial charge < -0.3 is 10.5 Å². The molecule has 1 aromatic carbocycles. The summed E-state index contributed by atoms with van der Waals surface area (Å²) in [6.45, 7) is 4.75. The number of sulfonamides is 1. The predicted molar refractivity (Wildman–Crippen MR) is 66.6 cm³/mol. The Morgan fingerprint density at radius 1 is 1.41 bits per heavy atom. The first-order chi connectivity index (χ1) is 8.01. The lowest BCUT2D eigenvalue weighted by Gasteiger charge is -2.10. The van der Waals surface area contributed by atoms with E-state index in [-0.39, 0.29) is 4.90 Å². The number of nitrogens with one attached hydrogen (secondary N) is 1. The van der Waals surface area contributed by atoms with Crippen LogP contribution in [0.2, 0.25) is 0 Å². The highest BCUT2D eigenvalue weighted by Crippen LogP contribution is 2.21. The molecule has 1 rings (SSSR count). The molecule has 0 aliphatic carbocycles. The van der Waals surface area contributed by atoms with E-state index in [1.165, 1.54) is 6.07 Å². The minimum Gasteiger partial charge on any atom is -0.492 e. The highest BCUT2D eigenvalue weighted by molar-refractivity contribution is 7.89. The van der Waals surface area contributed by atoms with Gasteiger partial charge in [-0.3, -0.25) is 0 Å². The molecule has 0 aliphatic heterocycles. The molecule has 0 fully saturated rings. The zero-order valence-electron chi connectivity index (χ0n) is 10.1. The van der Waals surface area contributed by atoms with Crippen molar-refractivity contribution >= 4 is 10.0 Å². The molecule has 5 nitrogen and oxygen atoms in total. The molecule has 6 heteroatoms. The average Bonchev–Trinajstić information content (AvgIpc) is 2.27. The molecule has 0 heterocycles. The van der Waals surface area contributed by atoms with Crippen LogP contribution in [0.4, 0.5) is 0 Å². The van der Waals surface area contributed by atoms with Crippen molar-refractivity contribution in [1.29, 1.82) is 0 Å². The van der Waals surface area contributed by atoms with E-state index in [0.29, 0.717) is 25.4 Å². The van der Waals surface area contributed by atoms with Crippen LogP contribution < -0.4 is 15.2 Å². The lowest BCUT2D eigenvalue weighted by Crippen LogP contribution is -2.23. The van der Waals surface area contributed by atoms with Crippen LogP contribution >= 0.6 is 0 Å². The van der Waals surface area contributed by atoms with Crippen LogP contribution in [0.15, 0.2) is 23.1 Å². The molecule has 3 N–H and O–H groups in total. The van der Waals surface area contributed by atoms with Crippen molar-refractivity contribution in [2.24, 2.45) is 5.73 Å². The van der Waals surface area contributed by atoms with Crippen LogP contribution in [0.25, 0.3) is 0 Å².